The largest absolute Gasteiger partial charge is 0.457 e. The molecule has 0 spiro atoms. The Hall–Kier alpha value is -3.83. The van der Waals surface area contributed by atoms with Crippen LogP contribution in [-0.4, -0.2) is 18.2 Å². The summed E-state index contributed by atoms with van der Waals surface area (Å²) < 4.78 is 68.5. The van der Waals surface area contributed by atoms with Gasteiger partial charge in [0.05, 0.1) is 26.7 Å². The summed E-state index contributed by atoms with van der Waals surface area (Å²) in [5, 5.41) is 8.28. The van der Waals surface area contributed by atoms with Gasteiger partial charge in [0.25, 0.3) is 5.56 Å². The zero-order valence-electron chi connectivity index (χ0n) is 16.8. The summed E-state index contributed by atoms with van der Waals surface area (Å²) in [4.78, 5) is 12.8. The van der Waals surface area contributed by atoms with E-state index >= 15 is 0 Å². The first kappa shape index (κ1) is 22.4. The van der Waals surface area contributed by atoms with E-state index < -0.39 is 27.3 Å². The molecule has 0 unspecified atom stereocenters. The van der Waals surface area contributed by atoms with Crippen LogP contribution in [0, 0.1) is 0 Å². The van der Waals surface area contributed by atoms with E-state index in [0.29, 0.717) is 5.69 Å². The van der Waals surface area contributed by atoms with Crippen LogP contribution >= 0.6 is 0 Å². The summed E-state index contributed by atoms with van der Waals surface area (Å²) in [6, 6.07) is 13.1. The lowest BCUT2D eigenvalue weighted by Crippen LogP contribution is -2.33. The predicted octanol–water partition coefficient (Wildman–Crippen LogP) is 2.33. The van der Waals surface area contributed by atoms with Crippen LogP contribution in [0.1, 0.15) is 11.3 Å². The average Bonchev–Trinajstić information content (AvgIpc) is 3.33. The molecule has 0 aliphatic heterocycles. The average molecular weight is 475 g/mol. The van der Waals surface area contributed by atoms with Gasteiger partial charge in [-0.15, -0.1) is 0 Å². The molecule has 0 atom stereocenters. The van der Waals surface area contributed by atoms with E-state index in [9.17, 15) is 26.4 Å². The van der Waals surface area contributed by atoms with E-state index in [0.717, 1.165) is 16.8 Å². The molecule has 7 nitrogen and oxygen atoms in total. The lowest BCUT2D eigenvalue weighted by Gasteiger charge is -2.07. The molecule has 0 aliphatic rings. The number of H-pyrrole nitrogens is 1. The maximum Gasteiger partial charge on any atom is 0.416 e. The fourth-order valence-electron chi connectivity index (χ4n) is 3.19. The van der Waals surface area contributed by atoms with Gasteiger partial charge >= 0.3 is 6.18 Å². The first-order valence-corrected chi connectivity index (χ1v) is 10.9. The third kappa shape index (κ3) is 4.54. The number of aromatic amines is 1. The number of sulfonamides is 1. The molecule has 0 saturated heterocycles. The van der Waals surface area contributed by atoms with Crippen LogP contribution in [0.25, 0.3) is 29.7 Å². The van der Waals surface area contributed by atoms with Crippen LogP contribution in [0.3, 0.4) is 0 Å². The van der Waals surface area contributed by atoms with Crippen molar-refractivity contribution in [3.8, 4) is 17.0 Å². The van der Waals surface area contributed by atoms with Crippen molar-refractivity contribution in [2.75, 3.05) is 0 Å². The van der Waals surface area contributed by atoms with Gasteiger partial charge in [-0.1, -0.05) is 18.7 Å². The maximum absolute atomic E-state index is 13.0. The minimum atomic E-state index is -4.48. The van der Waals surface area contributed by atoms with E-state index in [2.05, 4.69) is 11.7 Å². The number of nitrogens with two attached hydrogens (primary N) is 1. The Balaban J connectivity index is 1.71. The Morgan fingerprint density at radius 2 is 1.76 bits per heavy atom. The number of benzene rings is 2. The fraction of sp³-hybridized carbons (Fsp3) is 0.0455. The maximum atomic E-state index is 13.0. The standard InChI is InChI=1S/C22H16F3N3O4S/c1-13-19(21(29)28(27-13)16-5-8-18(9-6-16)33(26,30)31)12-17-7-10-20(32-17)14-3-2-4-15(11-14)22(23,24)25/h2-12,27H,1H2,(H2,26,30,31)/b19-12-. The lowest BCUT2D eigenvalue weighted by atomic mass is 10.1. The highest BCUT2D eigenvalue weighted by Gasteiger charge is 2.30. The summed E-state index contributed by atoms with van der Waals surface area (Å²) in [6.45, 7) is 3.79. The number of hydrogen-bond donors (Lipinski definition) is 2. The number of primary sulfonamides is 1. The second-order valence-corrected chi connectivity index (χ2v) is 8.67. The monoisotopic (exact) mass is 475 g/mol. The summed E-state index contributed by atoms with van der Waals surface area (Å²) in [7, 11) is -3.88. The quantitative estimate of drug-likeness (QED) is 0.472. The van der Waals surface area contributed by atoms with Crippen molar-refractivity contribution in [3.05, 3.63) is 92.9 Å². The summed E-state index contributed by atoms with van der Waals surface area (Å²) in [6.07, 6.45) is -3.07. The Labute approximate surface area is 184 Å². The van der Waals surface area contributed by atoms with Crippen LogP contribution in [0.2, 0.25) is 0 Å². The van der Waals surface area contributed by atoms with Gasteiger partial charge in [0, 0.05) is 5.56 Å². The van der Waals surface area contributed by atoms with E-state index in [1.165, 1.54) is 54.6 Å². The number of nitrogens with zero attached hydrogens (tertiary/aromatic N) is 1. The van der Waals surface area contributed by atoms with E-state index in [-0.39, 0.29) is 32.5 Å². The molecule has 0 radical (unpaired) electrons. The van der Waals surface area contributed by atoms with Crippen LogP contribution in [-0.2, 0) is 16.2 Å². The van der Waals surface area contributed by atoms with Crippen LogP contribution in [0.4, 0.5) is 13.2 Å². The van der Waals surface area contributed by atoms with Gasteiger partial charge in [0.15, 0.2) is 0 Å². The molecule has 2 aromatic heterocycles. The Morgan fingerprint density at radius 3 is 2.39 bits per heavy atom. The van der Waals surface area contributed by atoms with Crippen molar-refractivity contribution in [3.63, 3.8) is 0 Å². The Kier molecular flexibility index (Phi) is 5.38. The highest BCUT2D eigenvalue weighted by atomic mass is 32.2. The molecule has 0 bridgehead atoms. The lowest BCUT2D eigenvalue weighted by molar-refractivity contribution is -0.137. The zero-order valence-corrected chi connectivity index (χ0v) is 17.6. The van der Waals surface area contributed by atoms with E-state index in [4.69, 9.17) is 9.56 Å². The molecule has 0 amide bonds. The second kappa shape index (κ2) is 7.94. The number of aromatic nitrogens is 2. The Bertz CT molecular complexity index is 1610. The van der Waals surface area contributed by atoms with Crippen molar-refractivity contribution in [2.24, 2.45) is 5.14 Å². The van der Waals surface area contributed by atoms with Crippen molar-refractivity contribution in [1.82, 2.24) is 9.78 Å². The molecule has 0 saturated carbocycles. The van der Waals surface area contributed by atoms with Gasteiger partial charge in [0.1, 0.15) is 11.5 Å². The Morgan fingerprint density at radius 1 is 1.06 bits per heavy atom. The number of rotatable bonds is 4. The number of halogens is 3. The minimum Gasteiger partial charge on any atom is -0.457 e. The topological polar surface area (TPSA) is 111 Å². The number of alkyl halides is 3. The molecule has 4 aromatic rings. The molecule has 11 heteroatoms. The van der Waals surface area contributed by atoms with Gasteiger partial charge in [-0.25, -0.2) is 18.2 Å². The van der Waals surface area contributed by atoms with E-state index in [1.807, 2.05) is 0 Å². The van der Waals surface area contributed by atoms with Crippen molar-refractivity contribution >= 4 is 22.7 Å². The molecular formula is C22H16F3N3O4S. The van der Waals surface area contributed by atoms with Crippen LogP contribution in [0.15, 0.2) is 74.8 Å². The molecule has 170 valence electrons. The van der Waals surface area contributed by atoms with Gasteiger partial charge < -0.3 is 4.42 Å². The number of furan rings is 1. The van der Waals surface area contributed by atoms with Gasteiger partial charge in [-0.3, -0.25) is 9.89 Å². The third-order valence-electron chi connectivity index (χ3n) is 4.82. The van der Waals surface area contributed by atoms with Crippen LogP contribution < -0.4 is 21.3 Å². The molecule has 33 heavy (non-hydrogen) atoms. The normalized spacial score (nSPS) is 12.9. The van der Waals surface area contributed by atoms with E-state index in [1.54, 1.807) is 0 Å². The molecule has 2 heterocycles. The fourth-order valence-corrected chi connectivity index (χ4v) is 3.70. The summed E-state index contributed by atoms with van der Waals surface area (Å²) in [5.41, 5.74) is -0.703. The number of hydrogen-bond acceptors (Lipinski definition) is 4. The van der Waals surface area contributed by atoms with Gasteiger partial charge in [0.2, 0.25) is 10.0 Å². The zero-order chi connectivity index (χ0) is 24.0. The molecule has 0 aliphatic carbocycles. The predicted molar refractivity (Wildman–Crippen MR) is 115 cm³/mol. The van der Waals surface area contributed by atoms with Crippen molar-refractivity contribution in [1.29, 1.82) is 0 Å². The third-order valence-corrected chi connectivity index (χ3v) is 5.75. The minimum absolute atomic E-state index is 0.106. The highest BCUT2D eigenvalue weighted by Crippen LogP contribution is 2.32. The summed E-state index contributed by atoms with van der Waals surface area (Å²) >= 11 is 0. The van der Waals surface area contributed by atoms with Crippen molar-refractivity contribution < 1.29 is 26.0 Å². The first-order chi connectivity index (χ1) is 15.4. The highest BCUT2D eigenvalue weighted by molar-refractivity contribution is 7.89. The number of nitrogens with one attached hydrogen (secondary N) is 1. The van der Waals surface area contributed by atoms with Gasteiger partial charge in [-0.05, 0) is 54.6 Å². The van der Waals surface area contributed by atoms with Gasteiger partial charge in [-0.2, -0.15) is 13.2 Å². The second-order valence-electron chi connectivity index (χ2n) is 7.11. The molecular weight excluding hydrogens is 459 g/mol. The van der Waals surface area contributed by atoms with Crippen LogP contribution in [0.5, 0.6) is 0 Å². The smallest absolute Gasteiger partial charge is 0.416 e. The first-order valence-electron chi connectivity index (χ1n) is 9.36. The SMILES string of the molecule is C=c1[nH]n(-c2ccc(S(N)(=O)=O)cc2)c(=O)/c1=C\c1ccc(-c2cccc(C(F)(F)F)c2)o1. The molecule has 4 rings (SSSR count). The summed E-state index contributed by atoms with van der Waals surface area (Å²) in [5.74, 6) is 0.438. The molecule has 3 N–H and O–H groups in total. The van der Waals surface area contributed by atoms with Crippen molar-refractivity contribution in [2.45, 2.75) is 11.1 Å². The molecule has 0 fully saturated rings. The molecule has 2 aromatic carbocycles.